The highest BCUT2D eigenvalue weighted by Gasteiger charge is 2.27. The quantitative estimate of drug-likeness (QED) is 0.487. The maximum absolute atomic E-state index is 11.0. The smallest absolute Gasteiger partial charge is 0.151 e. The van der Waals surface area contributed by atoms with E-state index in [2.05, 4.69) is 15.4 Å². The minimum atomic E-state index is -0.197. The highest BCUT2D eigenvalue weighted by Crippen LogP contribution is 2.24. The normalized spacial score (nSPS) is 28.6. The number of allylic oxidation sites excluding steroid dienone is 2. The lowest BCUT2D eigenvalue weighted by molar-refractivity contribution is -0.118. The lowest BCUT2D eigenvalue weighted by Crippen LogP contribution is -2.12. The number of hydrogen-bond acceptors (Lipinski definition) is 4. The van der Waals surface area contributed by atoms with Crippen LogP contribution in [-0.2, 0) is 4.79 Å². The Morgan fingerprint density at radius 2 is 2.50 bits per heavy atom. The van der Waals surface area contributed by atoms with Crippen LogP contribution in [0.15, 0.2) is 27.2 Å². The van der Waals surface area contributed by atoms with Crippen molar-refractivity contribution in [3.05, 3.63) is 11.8 Å². The molecule has 0 saturated carbocycles. The van der Waals surface area contributed by atoms with Crippen molar-refractivity contribution in [3.63, 3.8) is 0 Å². The first-order chi connectivity index (χ1) is 4.88. The van der Waals surface area contributed by atoms with Crippen LogP contribution in [0.1, 0.15) is 6.42 Å². The van der Waals surface area contributed by atoms with E-state index in [1.54, 1.807) is 6.08 Å². The molecule has 2 aliphatic rings. The molecular formula is C6H5N3O. The topological polar surface area (TPSA) is 54.1 Å². The van der Waals surface area contributed by atoms with Crippen molar-refractivity contribution >= 4 is 12.0 Å². The molecule has 1 aliphatic carbocycles. The van der Waals surface area contributed by atoms with Gasteiger partial charge in [-0.2, -0.15) is 0 Å². The molecule has 0 aromatic rings. The van der Waals surface area contributed by atoms with E-state index < -0.39 is 0 Å². The fourth-order valence-electron chi connectivity index (χ4n) is 1.06. The number of carbonyl (C=O) groups excluding carboxylic acids is 1. The van der Waals surface area contributed by atoms with Crippen LogP contribution in [0, 0.1) is 5.92 Å². The molecule has 0 amide bonds. The predicted molar refractivity (Wildman–Crippen MR) is 34.5 cm³/mol. The van der Waals surface area contributed by atoms with Gasteiger partial charge in [-0.15, -0.1) is 10.2 Å². The van der Waals surface area contributed by atoms with E-state index in [4.69, 9.17) is 0 Å². The van der Waals surface area contributed by atoms with Crippen molar-refractivity contribution in [1.82, 2.24) is 0 Å². The second-order valence-corrected chi connectivity index (χ2v) is 2.23. The summed E-state index contributed by atoms with van der Waals surface area (Å²) in [6.07, 6.45) is 3.81. The Kier molecular flexibility index (Phi) is 1.00. The molecule has 4 nitrogen and oxygen atoms in total. The van der Waals surface area contributed by atoms with E-state index in [-0.39, 0.29) is 11.7 Å². The summed E-state index contributed by atoms with van der Waals surface area (Å²) in [6, 6.07) is 0. The molecule has 1 aliphatic heterocycles. The molecule has 10 heavy (non-hydrogen) atoms. The van der Waals surface area contributed by atoms with Crippen LogP contribution >= 0.6 is 0 Å². The molecule has 0 aromatic carbocycles. The van der Waals surface area contributed by atoms with Crippen molar-refractivity contribution in [2.45, 2.75) is 6.42 Å². The number of fused-ring (bicyclic) bond motifs is 1. The van der Waals surface area contributed by atoms with Crippen LogP contribution in [0.3, 0.4) is 0 Å². The van der Waals surface area contributed by atoms with Crippen LogP contribution in [-0.4, -0.2) is 12.0 Å². The molecular weight excluding hydrogens is 130 g/mol. The molecule has 1 atom stereocenters. The number of ketones is 1. The van der Waals surface area contributed by atoms with Crippen molar-refractivity contribution < 1.29 is 4.79 Å². The predicted octanol–water partition coefficient (Wildman–Crippen LogP) is 0.911. The minimum absolute atomic E-state index is 0.164. The van der Waals surface area contributed by atoms with Gasteiger partial charge in [0.15, 0.2) is 5.78 Å². The van der Waals surface area contributed by atoms with Crippen LogP contribution < -0.4 is 0 Å². The fourth-order valence-corrected chi connectivity index (χ4v) is 1.06. The Hall–Kier alpha value is -1.32. The first kappa shape index (κ1) is 5.46. The number of hydrogen-bond donors (Lipinski definition) is 0. The Labute approximate surface area is 57.3 Å². The first-order valence-corrected chi connectivity index (χ1v) is 3.05. The lowest BCUT2D eigenvalue weighted by atomic mass is 10.1. The summed E-state index contributed by atoms with van der Waals surface area (Å²) in [5, 5.41) is 10.7. The third-order valence-electron chi connectivity index (χ3n) is 1.61. The third kappa shape index (κ3) is 0.618. The van der Waals surface area contributed by atoms with E-state index in [1.165, 1.54) is 6.21 Å². The van der Waals surface area contributed by atoms with E-state index in [0.717, 1.165) is 5.70 Å². The van der Waals surface area contributed by atoms with E-state index in [9.17, 15) is 4.79 Å². The molecule has 0 bridgehead atoms. The van der Waals surface area contributed by atoms with Gasteiger partial charge in [-0.25, -0.2) is 0 Å². The molecule has 0 aromatic heterocycles. The van der Waals surface area contributed by atoms with Gasteiger partial charge in [-0.3, -0.25) is 4.79 Å². The van der Waals surface area contributed by atoms with Crippen molar-refractivity contribution in [1.29, 1.82) is 0 Å². The summed E-state index contributed by atoms with van der Waals surface area (Å²) >= 11 is 0. The molecule has 0 fully saturated rings. The van der Waals surface area contributed by atoms with Crippen LogP contribution in [0.2, 0.25) is 0 Å². The highest BCUT2D eigenvalue weighted by atomic mass is 16.1. The van der Waals surface area contributed by atoms with Crippen LogP contribution in [0.25, 0.3) is 0 Å². The SMILES string of the molecule is O=C1CC=C2N=NN=CC12. The summed E-state index contributed by atoms with van der Waals surface area (Å²) < 4.78 is 0. The van der Waals surface area contributed by atoms with E-state index in [1.807, 2.05) is 0 Å². The molecule has 1 heterocycles. The van der Waals surface area contributed by atoms with Gasteiger partial charge in [0, 0.05) is 12.6 Å². The summed E-state index contributed by atoms with van der Waals surface area (Å²) in [5.74, 6) is -0.0325. The zero-order valence-corrected chi connectivity index (χ0v) is 5.19. The van der Waals surface area contributed by atoms with Crippen molar-refractivity contribution in [3.8, 4) is 0 Å². The van der Waals surface area contributed by atoms with Crippen LogP contribution in [0.4, 0.5) is 0 Å². The largest absolute Gasteiger partial charge is 0.298 e. The lowest BCUT2D eigenvalue weighted by Gasteiger charge is -2.03. The fraction of sp³-hybridized carbons (Fsp3) is 0.333. The summed E-state index contributed by atoms with van der Waals surface area (Å²) in [6.45, 7) is 0. The molecule has 0 radical (unpaired) electrons. The minimum Gasteiger partial charge on any atom is -0.298 e. The summed E-state index contributed by atoms with van der Waals surface area (Å²) in [5.41, 5.74) is 0.750. The number of nitrogens with zero attached hydrogens (tertiary/aromatic N) is 3. The van der Waals surface area contributed by atoms with Gasteiger partial charge in [0.1, 0.15) is 0 Å². The van der Waals surface area contributed by atoms with Gasteiger partial charge in [0.25, 0.3) is 0 Å². The Morgan fingerprint density at radius 1 is 1.60 bits per heavy atom. The van der Waals surface area contributed by atoms with Crippen molar-refractivity contribution in [2.24, 2.45) is 21.4 Å². The molecule has 2 rings (SSSR count). The number of rotatable bonds is 0. The second kappa shape index (κ2) is 1.83. The Balaban J connectivity index is 2.39. The Bertz CT molecular complexity index is 264. The summed E-state index contributed by atoms with van der Waals surface area (Å²) in [4.78, 5) is 11.0. The van der Waals surface area contributed by atoms with Gasteiger partial charge < -0.3 is 0 Å². The van der Waals surface area contributed by atoms with E-state index >= 15 is 0 Å². The zero-order chi connectivity index (χ0) is 6.97. The average molecular weight is 135 g/mol. The highest BCUT2D eigenvalue weighted by molar-refractivity contribution is 6.01. The number of carbonyl (C=O) groups is 1. The van der Waals surface area contributed by atoms with Gasteiger partial charge in [0.05, 0.1) is 11.6 Å². The first-order valence-electron chi connectivity index (χ1n) is 3.05. The monoisotopic (exact) mass is 135 g/mol. The molecule has 0 saturated heterocycles. The molecule has 50 valence electrons. The summed E-state index contributed by atoms with van der Waals surface area (Å²) in [7, 11) is 0. The molecule has 4 heteroatoms. The van der Waals surface area contributed by atoms with Gasteiger partial charge in [-0.1, -0.05) is 6.08 Å². The molecule has 0 spiro atoms. The van der Waals surface area contributed by atoms with Crippen LogP contribution in [0.5, 0.6) is 0 Å². The third-order valence-corrected chi connectivity index (χ3v) is 1.61. The van der Waals surface area contributed by atoms with E-state index in [0.29, 0.717) is 6.42 Å². The average Bonchev–Trinajstić information content (AvgIpc) is 2.34. The molecule has 1 unspecified atom stereocenters. The molecule has 0 N–H and O–H groups in total. The second-order valence-electron chi connectivity index (χ2n) is 2.23. The standard InChI is InChI=1S/C6H5N3O/c10-6-2-1-5-4(6)3-7-9-8-5/h1,3-4H,2H2. The van der Waals surface area contributed by atoms with Gasteiger partial charge >= 0.3 is 0 Å². The van der Waals surface area contributed by atoms with Crippen molar-refractivity contribution in [2.75, 3.05) is 0 Å². The number of Topliss-reactive ketones (excluding diaryl/α,β-unsaturated/α-hetero) is 1. The van der Waals surface area contributed by atoms with Gasteiger partial charge in [-0.05, 0) is 5.22 Å². The Morgan fingerprint density at radius 3 is 3.30 bits per heavy atom. The van der Waals surface area contributed by atoms with Gasteiger partial charge in [0.2, 0.25) is 0 Å². The maximum Gasteiger partial charge on any atom is 0.151 e. The zero-order valence-electron chi connectivity index (χ0n) is 5.19. The maximum atomic E-state index is 11.0.